The lowest BCUT2D eigenvalue weighted by Crippen LogP contribution is -2.11. The van der Waals surface area contributed by atoms with E-state index >= 15 is 0 Å². The summed E-state index contributed by atoms with van der Waals surface area (Å²) in [7, 11) is 1.50. The van der Waals surface area contributed by atoms with E-state index in [0.29, 0.717) is 33.1 Å². The van der Waals surface area contributed by atoms with Crippen molar-refractivity contribution in [3.8, 4) is 17.2 Å². The van der Waals surface area contributed by atoms with Crippen LogP contribution in [0.2, 0.25) is 5.02 Å². The van der Waals surface area contributed by atoms with Crippen molar-refractivity contribution < 1.29 is 18.8 Å². The smallest absolute Gasteiger partial charge is 0.220 e. The summed E-state index contributed by atoms with van der Waals surface area (Å²) in [5.41, 5.74) is 2.26. The van der Waals surface area contributed by atoms with E-state index in [4.69, 9.17) is 21.1 Å². The second kappa shape index (κ2) is 11.4. The van der Waals surface area contributed by atoms with Crippen LogP contribution in [0.15, 0.2) is 71.9 Å². The normalized spacial score (nSPS) is 11.8. The van der Waals surface area contributed by atoms with E-state index in [1.807, 2.05) is 23.6 Å². The molecule has 0 saturated heterocycles. The van der Waals surface area contributed by atoms with Gasteiger partial charge in [0.15, 0.2) is 16.7 Å². The first kappa shape index (κ1) is 25.5. The van der Waals surface area contributed by atoms with Crippen LogP contribution in [-0.2, 0) is 6.61 Å². The van der Waals surface area contributed by atoms with Gasteiger partial charge in [0.05, 0.1) is 7.11 Å². The van der Waals surface area contributed by atoms with Crippen LogP contribution in [0, 0.1) is 22.9 Å². The fraction of sp³-hybridized carbons (Fsp3) is 0.200. The van der Waals surface area contributed by atoms with E-state index < -0.39 is 5.25 Å². The zero-order valence-corrected chi connectivity index (χ0v) is 21.0. The third-order valence-corrected chi connectivity index (χ3v) is 6.74. The average molecular weight is 529 g/mol. The number of methoxy groups -OCH3 is 1. The lowest BCUT2D eigenvalue weighted by Gasteiger charge is -2.17. The molecule has 0 N–H and O–H groups in total. The molecule has 11 heteroatoms. The minimum atomic E-state index is -0.574. The van der Waals surface area contributed by atoms with Gasteiger partial charge in [-0.25, -0.2) is 4.39 Å². The zero-order valence-electron chi connectivity index (χ0n) is 19.4. The second-order valence-corrected chi connectivity index (χ2v) is 9.40. The second-order valence-electron chi connectivity index (χ2n) is 7.79. The highest BCUT2D eigenvalue weighted by Crippen LogP contribution is 2.39. The van der Waals surface area contributed by atoms with E-state index in [1.54, 1.807) is 42.5 Å². The quantitative estimate of drug-likeness (QED) is 0.140. The highest BCUT2D eigenvalue weighted by atomic mass is 35.5. The predicted molar refractivity (Wildman–Crippen MR) is 135 cm³/mol. The van der Waals surface area contributed by atoms with Crippen molar-refractivity contribution in [3.05, 3.63) is 105 Å². The number of hydrogen-bond donors (Lipinski definition) is 0. The Morgan fingerprint density at radius 3 is 2.47 bits per heavy atom. The van der Waals surface area contributed by atoms with E-state index in [2.05, 4.69) is 10.2 Å². The molecule has 1 heterocycles. The van der Waals surface area contributed by atoms with Gasteiger partial charge in [0.25, 0.3) is 0 Å². The van der Waals surface area contributed by atoms with Gasteiger partial charge < -0.3 is 9.47 Å². The van der Waals surface area contributed by atoms with Crippen LogP contribution in [0.1, 0.15) is 22.2 Å². The maximum absolute atomic E-state index is 13.1. The molecule has 4 aromatic rings. The maximum Gasteiger partial charge on any atom is 0.220 e. The number of aromatic nitrogens is 3. The Hall–Kier alpha value is -3.63. The van der Waals surface area contributed by atoms with E-state index in [1.165, 1.54) is 31.0 Å². The van der Waals surface area contributed by atoms with Crippen molar-refractivity contribution in [1.82, 2.24) is 14.8 Å². The van der Waals surface area contributed by atoms with Crippen LogP contribution in [-0.4, -0.2) is 33.3 Å². The molecule has 0 aliphatic carbocycles. The van der Waals surface area contributed by atoms with Gasteiger partial charge in [-0.2, -0.15) is 0 Å². The van der Waals surface area contributed by atoms with Gasteiger partial charge >= 0.3 is 0 Å². The van der Waals surface area contributed by atoms with Crippen molar-refractivity contribution in [3.63, 3.8) is 0 Å². The minimum absolute atomic E-state index is 0.215. The molecule has 36 heavy (non-hydrogen) atoms. The van der Waals surface area contributed by atoms with Crippen molar-refractivity contribution in [2.24, 2.45) is 0 Å². The largest absolute Gasteiger partial charge is 0.493 e. The molecule has 0 radical (unpaired) electrons. The van der Waals surface area contributed by atoms with Gasteiger partial charge in [-0.1, -0.05) is 41.6 Å². The third kappa shape index (κ3) is 6.13. The zero-order chi connectivity index (χ0) is 25.7. The first-order valence-electron chi connectivity index (χ1n) is 10.9. The van der Waals surface area contributed by atoms with Gasteiger partial charge in [0.2, 0.25) is 6.54 Å². The number of aryl methyl sites for hydroxylation is 1. The number of ether oxygens (including phenoxy) is 2. The number of hydrogen-bond acceptors (Lipinski definition) is 7. The minimum Gasteiger partial charge on any atom is -0.493 e. The Bertz CT molecular complexity index is 1350. The Balaban J connectivity index is 1.59. The van der Waals surface area contributed by atoms with Crippen molar-refractivity contribution in [2.75, 3.05) is 13.7 Å². The molecule has 0 unspecified atom stereocenters. The summed E-state index contributed by atoms with van der Waals surface area (Å²) in [4.78, 5) is 11.2. The van der Waals surface area contributed by atoms with Gasteiger partial charge in [0, 0.05) is 15.6 Å². The molecule has 186 valence electrons. The van der Waals surface area contributed by atoms with E-state index in [9.17, 15) is 14.5 Å². The molecule has 0 bridgehead atoms. The van der Waals surface area contributed by atoms with Gasteiger partial charge in [-0.15, -0.1) is 10.2 Å². The van der Waals surface area contributed by atoms with Gasteiger partial charge in [0.1, 0.15) is 23.5 Å². The van der Waals surface area contributed by atoms with Crippen LogP contribution >= 0.6 is 23.4 Å². The Kier molecular flexibility index (Phi) is 8.07. The number of halogens is 2. The third-order valence-electron chi connectivity index (χ3n) is 5.31. The van der Waals surface area contributed by atoms with Gasteiger partial charge in [-0.3, -0.25) is 14.7 Å². The van der Waals surface area contributed by atoms with Crippen LogP contribution in [0.5, 0.6) is 11.5 Å². The van der Waals surface area contributed by atoms with Crippen LogP contribution in [0.4, 0.5) is 4.39 Å². The first-order chi connectivity index (χ1) is 17.3. The number of benzene rings is 3. The Labute approximate surface area is 216 Å². The molecular formula is C25H22ClFN4O4S. The summed E-state index contributed by atoms with van der Waals surface area (Å²) in [6.45, 7) is 1.69. The Morgan fingerprint density at radius 1 is 1.08 bits per heavy atom. The average Bonchev–Trinajstić information content (AvgIpc) is 3.23. The number of nitrogens with zero attached hydrogens (tertiary/aromatic N) is 4. The molecule has 1 atom stereocenters. The Morgan fingerprint density at radius 2 is 1.81 bits per heavy atom. The number of rotatable bonds is 10. The van der Waals surface area contributed by atoms with Crippen molar-refractivity contribution in [2.45, 2.75) is 23.9 Å². The molecule has 3 aromatic carbocycles. The molecule has 0 aliphatic heterocycles. The molecule has 0 aliphatic rings. The van der Waals surface area contributed by atoms with E-state index in [-0.39, 0.29) is 23.9 Å². The monoisotopic (exact) mass is 528 g/mol. The lowest BCUT2D eigenvalue weighted by atomic mass is 10.1. The summed E-state index contributed by atoms with van der Waals surface area (Å²) in [6, 6.07) is 18.4. The molecule has 8 nitrogen and oxygen atoms in total. The van der Waals surface area contributed by atoms with Crippen LogP contribution < -0.4 is 9.47 Å². The fourth-order valence-corrected chi connectivity index (χ4v) is 4.82. The first-order valence-corrected chi connectivity index (χ1v) is 12.1. The summed E-state index contributed by atoms with van der Waals surface area (Å²) < 4.78 is 26.3. The van der Waals surface area contributed by atoms with Crippen molar-refractivity contribution >= 4 is 23.4 Å². The molecule has 0 saturated carbocycles. The molecule has 0 spiro atoms. The topological polar surface area (TPSA) is 92.3 Å². The lowest BCUT2D eigenvalue weighted by molar-refractivity contribution is -0.479. The molecule has 0 amide bonds. The SMILES string of the molecule is COc1cc([C@@H](C[N+](=O)[O-])Sc2nnc(C)n2-c2ccc(Cl)cc2)ccc1OCc1ccc(F)cc1. The molecule has 1 aromatic heterocycles. The number of nitro groups is 1. The molecule has 0 fully saturated rings. The molecule has 4 rings (SSSR count). The maximum atomic E-state index is 13.1. The van der Waals surface area contributed by atoms with Gasteiger partial charge in [-0.05, 0) is 66.6 Å². The summed E-state index contributed by atoms with van der Waals surface area (Å²) in [5, 5.41) is 20.5. The van der Waals surface area contributed by atoms with Crippen molar-refractivity contribution in [1.29, 1.82) is 0 Å². The highest BCUT2D eigenvalue weighted by Gasteiger charge is 2.25. The van der Waals surface area contributed by atoms with E-state index in [0.717, 1.165) is 11.3 Å². The predicted octanol–water partition coefficient (Wildman–Crippen LogP) is 6.07. The van der Waals surface area contributed by atoms with Crippen LogP contribution in [0.3, 0.4) is 0 Å². The summed E-state index contributed by atoms with van der Waals surface area (Å²) in [6.07, 6.45) is 0. The fourth-order valence-electron chi connectivity index (χ4n) is 3.53. The summed E-state index contributed by atoms with van der Waals surface area (Å²) in [5.74, 6) is 1.22. The highest BCUT2D eigenvalue weighted by molar-refractivity contribution is 7.99. The van der Waals surface area contributed by atoms with Crippen LogP contribution in [0.25, 0.3) is 5.69 Å². The summed E-state index contributed by atoms with van der Waals surface area (Å²) >= 11 is 7.26. The number of thioether (sulfide) groups is 1. The molecular weight excluding hydrogens is 507 g/mol. The standard InChI is InChI=1S/C25H22ClFN4O4S/c1-16-28-29-25(31(16)21-10-6-19(26)7-11-21)36-24(14-30(32)33)18-5-12-22(23(13-18)34-2)35-15-17-3-8-20(27)9-4-17/h3-13,24H,14-15H2,1-2H3/t24-/m1/s1.